The lowest BCUT2D eigenvalue weighted by molar-refractivity contribution is -0.132. The molecule has 1 N–H and O–H groups in total. The van der Waals surface area contributed by atoms with Crippen LogP contribution in [-0.4, -0.2) is 43.6 Å². The third-order valence-electron chi connectivity index (χ3n) is 5.13. The minimum atomic E-state index is 0.0390. The molecule has 2 aliphatic heterocycles. The number of nitrogens with one attached hydrogen (secondary N) is 1. The van der Waals surface area contributed by atoms with E-state index < -0.39 is 0 Å². The first-order chi connectivity index (χ1) is 12.2. The zero-order chi connectivity index (χ0) is 17.2. The highest BCUT2D eigenvalue weighted by molar-refractivity contribution is 6.32. The third-order valence-corrected chi connectivity index (χ3v) is 5.43. The number of carbonyl (C=O) groups is 1. The van der Waals surface area contributed by atoms with Crippen molar-refractivity contribution in [2.75, 3.05) is 32.8 Å². The summed E-state index contributed by atoms with van der Waals surface area (Å²) in [4.78, 5) is 14.3. The number of benzene rings is 2. The average Bonchev–Trinajstić information content (AvgIpc) is 3.23. The van der Waals surface area contributed by atoms with Gasteiger partial charge in [0, 0.05) is 26.2 Å². The number of hydrogen-bond donors (Lipinski definition) is 1. The Bertz CT molecular complexity index is 754. The van der Waals surface area contributed by atoms with E-state index in [-0.39, 0.29) is 12.5 Å². The molecule has 0 unspecified atom stereocenters. The summed E-state index contributed by atoms with van der Waals surface area (Å²) in [5.74, 6) is 1.78. The first-order valence-corrected chi connectivity index (χ1v) is 9.05. The standard InChI is InChI=1S/C20H21ClN2O2/c21-18-8-15(14-4-2-1-3-5-14)6-7-19(18)25-13-20(24)23-11-16-9-22-10-17(16)12-23/h1-8,16-17,22H,9-13H2/t16-,17+. The zero-order valence-corrected chi connectivity index (χ0v) is 14.7. The number of carbonyl (C=O) groups excluding carboxylic acids is 1. The predicted molar refractivity (Wildman–Crippen MR) is 98.8 cm³/mol. The van der Waals surface area contributed by atoms with Gasteiger partial charge in [-0.2, -0.15) is 0 Å². The maximum absolute atomic E-state index is 12.4. The highest BCUT2D eigenvalue weighted by Crippen LogP contribution is 2.31. The van der Waals surface area contributed by atoms with E-state index in [0.717, 1.165) is 37.3 Å². The van der Waals surface area contributed by atoms with Gasteiger partial charge >= 0.3 is 0 Å². The smallest absolute Gasteiger partial charge is 0.260 e. The lowest BCUT2D eigenvalue weighted by Gasteiger charge is -2.18. The second-order valence-electron chi connectivity index (χ2n) is 6.78. The normalized spacial score (nSPS) is 22.0. The van der Waals surface area contributed by atoms with Gasteiger partial charge in [-0.3, -0.25) is 4.79 Å². The van der Waals surface area contributed by atoms with Crippen LogP contribution in [0.4, 0.5) is 0 Å². The number of halogens is 1. The Morgan fingerprint density at radius 1 is 1.08 bits per heavy atom. The Labute approximate surface area is 152 Å². The molecule has 0 bridgehead atoms. The van der Waals surface area contributed by atoms with Crippen molar-refractivity contribution >= 4 is 17.5 Å². The molecule has 25 heavy (non-hydrogen) atoms. The third kappa shape index (κ3) is 3.51. The molecule has 2 aromatic carbocycles. The van der Waals surface area contributed by atoms with E-state index in [1.54, 1.807) is 0 Å². The maximum atomic E-state index is 12.4. The van der Waals surface area contributed by atoms with Gasteiger partial charge in [-0.25, -0.2) is 0 Å². The van der Waals surface area contributed by atoms with Crippen LogP contribution in [0.5, 0.6) is 5.75 Å². The summed E-state index contributed by atoms with van der Waals surface area (Å²) in [6, 6.07) is 15.7. The second kappa shape index (κ2) is 7.06. The topological polar surface area (TPSA) is 41.6 Å². The quantitative estimate of drug-likeness (QED) is 0.915. The summed E-state index contributed by atoms with van der Waals surface area (Å²) in [6.07, 6.45) is 0. The summed E-state index contributed by atoms with van der Waals surface area (Å²) in [7, 11) is 0. The van der Waals surface area contributed by atoms with Crippen LogP contribution < -0.4 is 10.1 Å². The van der Waals surface area contributed by atoms with E-state index in [9.17, 15) is 4.79 Å². The van der Waals surface area contributed by atoms with E-state index in [0.29, 0.717) is 22.6 Å². The first kappa shape index (κ1) is 16.4. The van der Waals surface area contributed by atoms with Crippen LogP contribution in [0.1, 0.15) is 0 Å². The molecule has 0 spiro atoms. The Hall–Kier alpha value is -2.04. The van der Waals surface area contributed by atoms with Crippen LogP contribution in [0.15, 0.2) is 48.5 Å². The summed E-state index contributed by atoms with van der Waals surface area (Å²) in [5, 5.41) is 3.91. The first-order valence-electron chi connectivity index (χ1n) is 8.67. The molecule has 5 heteroatoms. The highest BCUT2D eigenvalue weighted by atomic mass is 35.5. The van der Waals surface area contributed by atoms with Gasteiger partial charge in [-0.1, -0.05) is 48.0 Å². The van der Waals surface area contributed by atoms with Gasteiger partial charge in [-0.05, 0) is 35.1 Å². The molecule has 2 aromatic rings. The number of nitrogens with zero attached hydrogens (tertiary/aromatic N) is 1. The van der Waals surface area contributed by atoms with Crippen LogP contribution >= 0.6 is 11.6 Å². The second-order valence-corrected chi connectivity index (χ2v) is 7.18. The molecule has 0 saturated carbocycles. The van der Waals surface area contributed by atoms with E-state index in [2.05, 4.69) is 5.32 Å². The van der Waals surface area contributed by atoms with E-state index in [1.165, 1.54) is 0 Å². The van der Waals surface area contributed by atoms with E-state index >= 15 is 0 Å². The van der Waals surface area contributed by atoms with E-state index in [1.807, 2.05) is 53.4 Å². The van der Waals surface area contributed by atoms with Crippen molar-refractivity contribution in [2.24, 2.45) is 11.8 Å². The van der Waals surface area contributed by atoms with Gasteiger partial charge in [-0.15, -0.1) is 0 Å². The molecule has 0 radical (unpaired) electrons. The SMILES string of the molecule is O=C(COc1ccc(-c2ccccc2)cc1Cl)N1C[C@H]2CNC[C@H]2C1. The van der Waals surface area contributed by atoms with Crippen molar-refractivity contribution in [3.63, 3.8) is 0 Å². The lowest BCUT2D eigenvalue weighted by atomic mass is 10.0. The molecule has 4 rings (SSSR count). The van der Waals surface area contributed by atoms with Crippen molar-refractivity contribution in [1.82, 2.24) is 10.2 Å². The number of amides is 1. The van der Waals surface area contributed by atoms with Crippen LogP contribution in [0, 0.1) is 11.8 Å². The molecule has 4 nitrogen and oxygen atoms in total. The molecule has 1 amide bonds. The molecule has 2 saturated heterocycles. The van der Waals surface area contributed by atoms with E-state index in [4.69, 9.17) is 16.3 Å². The maximum Gasteiger partial charge on any atom is 0.260 e. The molecule has 2 aliphatic rings. The minimum Gasteiger partial charge on any atom is -0.482 e. The fourth-order valence-corrected chi connectivity index (χ4v) is 3.95. The number of likely N-dealkylation sites (tertiary alicyclic amines) is 1. The minimum absolute atomic E-state index is 0.0390. The van der Waals surface area contributed by atoms with Gasteiger partial charge in [0.1, 0.15) is 5.75 Å². The lowest BCUT2D eigenvalue weighted by Crippen LogP contribution is -2.35. The van der Waals surface area contributed by atoms with Gasteiger partial charge in [0.15, 0.2) is 6.61 Å². The molecular formula is C20H21ClN2O2. The fraction of sp³-hybridized carbons (Fsp3) is 0.350. The number of ether oxygens (including phenoxy) is 1. The van der Waals surface area contributed by atoms with Gasteiger partial charge in [0.05, 0.1) is 5.02 Å². The average molecular weight is 357 g/mol. The molecule has 130 valence electrons. The predicted octanol–water partition coefficient (Wildman–Crippen LogP) is 3.06. The Balaban J connectivity index is 1.37. The van der Waals surface area contributed by atoms with Crippen LogP contribution in [0.25, 0.3) is 11.1 Å². The Morgan fingerprint density at radius 3 is 2.48 bits per heavy atom. The number of hydrogen-bond acceptors (Lipinski definition) is 3. The summed E-state index contributed by atoms with van der Waals surface area (Å²) >= 11 is 6.34. The van der Waals surface area contributed by atoms with Crippen molar-refractivity contribution < 1.29 is 9.53 Å². The molecule has 2 fully saturated rings. The zero-order valence-electron chi connectivity index (χ0n) is 14.0. The molecule has 2 atom stereocenters. The molecule has 2 heterocycles. The van der Waals surface area contributed by atoms with Crippen molar-refractivity contribution in [1.29, 1.82) is 0 Å². The van der Waals surface area contributed by atoms with Crippen molar-refractivity contribution in [3.05, 3.63) is 53.6 Å². The molecule has 0 aliphatic carbocycles. The van der Waals surface area contributed by atoms with Gasteiger partial charge in [0.2, 0.25) is 0 Å². The fourth-order valence-electron chi connectivity index (χ4n) is 3.72. The van der Waals surface area contributed by atoms with Gasteiger partial charge < -0.3 is 15.0 Å². The van der Waals surface area contributed by atoms with Crippen molar-refractivity contribution in [2.45, 2.75) is 0 Å². The van der Waals surface area contributed by atoms with Crippen LogP contribution in [0.3, 0.4) is 0 Å². The van der Waals surface area contributed by atoms with Gasteiger partial charge in [0.25, 0.3) is 5.91 Å². The number of fused-ring (bicyclic) bond motifs is 1. The summed E-state index contributed by atoms with van der Waals surface area (Å²) in [5.41, 5.74) is 2.13. The van der Waals surface area contributed by atoms with Crippen LogP contribution in [0.2, 0.25) is 5.02 Å². The highest BCUT2D eigenvalue weighted by Gasteiger charge is 2.38. The largest absolute Gasteiger partial charge is 0.482 e. The monoisotopic (exact) mass is 356 g/mol. The number of rotatable bonds is 4. The summed E-state index contributed by atoms with van der Waals surface area (Å²) < 4.78 is 5.69. The van der Waals surface area contributed by atoms with Crippen molar-refractivity contribution in [3.8, 4) is 16.9 Å². The van der Waals surface area contributed by atoms with Crippen LogP contribution in [-0.2, 0) is 4.79 Å². The Kier molecular flexibility index (Phi) is 4.64. The molecular weight excluding hydrogens is 336 g/mol. The molecule has 0 aromatic heterocycles. The summed E-state index contributed by atoms with van der Waals surface area (Å²) in [6.45, 7) is 3.74. The Morgan fingerprint density at radius 2 is 1.80 bits per heavy atom.